The van der Waals surface area contributed by atoms with Gasteiger partial charge in [0.25, 0.3) is 5.56 Å². The zero-order valence-corrected chi connectivity index (χ0v) is 10.2. The van der Waals surface area contributed by atoms with Crippen molar-refractivity contribution in [2.24, 2.45) is 0 Å². The Hall–Kier alpha value is -3.26. The van der Waals surface area contributed by atoms with Gasteiger partial charge in [-0.15, -0.1) is 0 Å². The lowest BCUT2D eigenvalue weighted by Gasteiger charge is -2.10. The Balaban J connectivity index is 3.09. The summed E-state index contributed by atoms with van der Waals surface area (Å²) in [5.41, 5.74) is 1.46. The molecule has 0 radical (unpaired) electrons. The van der Waals surface area contributed by atoms with Gasteiger partial charge in [0.2, 0.25) is 0 Å². The number of benzene rings is 1. The lowest BCUT2D eigenvalue weighted by Crippen LogP contribution is -2.17. The van der Waals surface area contributed by atoms with Crippen molar-refractivity contribution in [2.75, 3.05) is 5.73 Å². The number of nitrogens with two attached hydrogens (primary N) is 1. The van der Waals surface area contributed by atoms with Gasteiger partial charge in [0, 0.05) is 5.56 Å². The van der Waals surface area contributed by atoms with E-state index < -0.39 is 51.1 Å². The van der Waals surface area contributed by atoms with Gasteiger partial charge in [0.15, 0.2) is 11.6 Å². The van der Waals surface area contributed by atoms with Crippen LogP contribution in [0, 0.1) is 40.1 Å². The number of nitrogens with one attached hydrogen (secondary N) is 1. The summed E-state index contributed by atoms with van der Waals surface area (Å²) in [5.74, 6) is -4.71. The first-order valence-corrected chi connectivity index (χ1v) is 5.42. The number of hydrogen-bond acceptors (Lipinski definition) is 4. The Morgan fingerprint density at radius 1 is 1.00 bits per heavy atom. The summed E-state index contributed by atoms with van der Waals surface area (Å²) in [6.07, 6.45) is 0. The van der Waals surface area contributed by atoms with Gasteiger partial charge < -0.3 is 10.7 Å². The number of H-pyrrole nitrogens is 1. The van der Waals surface area contributed by atoms with Crippen molar-refractivity contribution < 1.29 is 13.2 Å². The highest BCUT2D eigenvalue weighted by Crippen LogP contribution is 2.33. The first kappa shape index (κ1) is 14.2. The summed E-state index contributed by atoms with van der Waals surface area (Å²) in [6.45, 7) is 0. The maximum absolute atomic E-state index is 13.9. The van der Waals surface area contributed by atoms with E-state index in [0.29, 0.717) is 12.1 Å². The van der Waals surface area contributed by atoms with Crippen LogP contribution in [0.25, 0.3) is 11.1 Å². The van der Waals surface area contributed by atoms with Crippen molar-refractivity contribution in [3.05, 3.63) is 51.1 Å². The molecule has 0 saturated heterocycles. The van der Waals surface area contributed by atoms with Crippen LogP contribution in [0.2, 0.25) is 0 Å². The summed E-state index contributed by atoms with van der Waals surface area (Å²) < 4.78 is 41.0. The second-order valence-corrected chi connectivity index (χ2v) is 3.93. The molecule has 0 aliphatic heterocycles. The molecule has 0 atom stereocenters. The number of aromatic nitrogens is 1. The third-order valence-corrected chi connectivity index (χ3v) is 2.76. The minimum atomic E-state index is -1.62. The highest BCUT2D eigenvalue weighted by Gasteiger charge is 2.25. The van der Waals surface area contributed by atoms with Crippen molar-refractivity contribution in [1.29, 1.82) is 10.5 Å². The first-order chi connectivity index (χ1) is 9.92. The molecule has 0 amide bonds. The summed E-state index contributed by atoms with van der Waals surface area (Å²) in [5, 5.41) is 18.0. The molecular formula is C13H5F3N4O. The van der Waals surface area contributed by atoms with Crippen molar-refractivity contribution >= 4 is 5.82 Å². The van der Waals surface area contributed by atoms with Crippen molar-refractivity contribution in [2.45, 2.75) is 0 Å². The Morgan fingerprint density at radius 3 is 2.14 bits per heavy atom. The Bertz CT molecular complexity index is 890. The van der Waals surface area contributed by atoms with E-state index in [9.17, 15) is 18.0 Å². The first-order valence-electron chi connectivity index (χ1n) is 5.42. The van der Waals surface area contributed by atoms with Gasteiger partial charge in [-0.05, 0) is 12.1 Å². The molecule has 0 aliphatic rings. The van der Waals surface area contributed by atoms with Crippen LogP contribution in [0.1, 0.15) is 11.1 Å². The summed E-state index contributed by atoms with van der Waals surface area (Å²) >= 11 is 0. The monoisotopic (exact) mass is 290 g/mol. The Labute approximate surface area is 115 Å². The topological polar surface area (TPSA) is 106 Å². The van der Waals surface area contributed by atoms with Crippen molar-refractivity contribution in [3.63, 3.8) is 0 Å². The number of hydrogen-bond donors (Lipinski definition) is 2. The summed E-state index contributed by atoms with van der Waals surface area (Å²) in [4.78, 5) is 13.6. The summed E-state index contributed by atoms with van der Waals surface area (Å²) in [7, 11) is 0. The SMILES string of the molecule is N#Cc1c(N)[nH]c(=O)c(C#N)c1-c1c(F)ccc(F)c1F. The highest BCUT2D eigenvalue weighted by atomic mass is 19.2. The lowest BCUT2D eigenvalue weighted by molar-refractivity contribution is 0.499. The molecule has 104 valence electrons. The smallest absolute Gasteiger partial charge is 0.268 e. The Kier molecular flexibility index (Phi) is 3.38. The maximum Gasteiger partial charge on any atom is 0.268 e. The molecule has 2 aromatic rings. The van der Waals surface area contributed by atoms with Crippen LogP contribution < -0.4 is 11.3 Å². The van der Waals surface area contributed by atoms with Crippen molar-refractivity contribution in [3.8, 4) is 23.3 Å². The number of nitriles is 2. The van der Waals surface area contributed by atoms with E-state index in [2.05, 4.69) is 0 Å². The van der Waals surface area contributed by atoms with Crippen LogP contribution in [-0.2, 0) is 0 Å². The average molecular weight is 290 g/mol. The van der Waals surface area contributed by atoms with Crippen LogP contribution in [0.15, 0.2) is 16.9 Å². The van der Waals surface area contributed by atoms with Crippen molar-refractivity contribution in [1.82, 2.24) is 4.98 Å². The molecule has 1 aromatic heterocycles. The predicted molar refractivity (Wildman–Crippen MR) is 66.2 cm³/mol. The largest absolute Gasteiger partial charge is 0.384 e. The molecule has 5 nitrogen and oxygen atoms in total. The van der Waals surface area contributed by atoms with Gasteiger partial charge in [-0.25, -0.2) is 13.2 Å². The number of rotatable bonds is 1. The second-order valence-electron chi connectivity index (χ2n) is 3.93. The van der Waals surface area contributed by atoms with Crippen LogP contribution in [0.3, 0.4) is 0 Å². The second kappa shape index (κ2) is 5.02. The van der Waals surface area contributed by atoms with Gasteiger partial charge in [0.1, 0.15) is 34.9 Å². The molecule has 1 aromatic carbocycles. The number of nitrogen functional groups attached to an aromatic ring is 1. The van der Waals surface area contributed by atoms with E-state index in [1.54, 1.807) is 0 Å². The number of nitrogens with zero attached hydrogens (tertiary/aromatic N) is 2. The standard InChI is InChI=1S/C13H5F3N4O/c14-7-1-2-8(15)11(16)10(7)9-5(3-17)12(19)20-13(21)6(9)4-18/h1-2H,(H3,19,20,21). The van der Waals surface area contributed by atoms with Gasteiger partial charge in [-0.1, -0.05) is 0 Å². The van der Waals surface area contributed by atoms with Crippen LogP contribution >= 0.6 is 0 Å². The molecule has 0 bridgehead atoms. The van der Waals surface area contributed by atoms with Gasteiger partial charge in [-0.2, -0.15) is 10.5 Å². The fourth-order valence-electron chi connectivity index (χ4n) is 1.85. The number of anilines is 1. The van der Waals surface area contributed by atoms with Gasteiger partial charge >= 0.3 is 0 Å². The molecule has 1 heterocycles. The molecule has 0 aliphatic carbocycles. The quantitative estimate of drug-likeness (QED) is 0.780. The molecular weight excluding hydrogens is 285 g/mol. The highest BCUT2D eigenvalue weighted by molar-refractivity contribution is 5.80. The van der Waals surface area contributed by atoms with E-state index in [1.165, 1.54) is 12.1 Å². The minimum absolute atomic E-state index is 0.473. The lowest BCUT2D eigenvalue weighted by atomic mass is 9.95. The van der Waals surface area contributed by atoms with E-state index in [1.807, 2.05) is 4.98 Å². The van der Waals surface area contributed by atoms with Gasteiger partial charge in [0.05, 0.1) is 5.56 Å². The molecule has 0 saturated carbocycles. The number of halogens is 3. The van der Waals surface area contributed by atoms with Crippen LogP contribution in [0.4, 0.5) is 19.0 Å². The van der Waals surface area contributed by atoms with E-state index in [-0.39, 0.29) is 0 Å². The summed E-state index contributed by atoms with van der Waals surface area (Å²) in [6, 6.07) is 4.13. The zero-order chi connectivity index (χ0) is 15.7. The van der Waals surface area contributed by atoms with E-state index >= 15 is 0 Å². The fraction of sp³-hybridized carbons (Fsp3) is 0. The minimum Gasteiger partial charge on any atom is -0.384 e. The van der Waals surface area contributed by atoms with E-state index in [4.69, 9.17) is 16.3 Å². The van der Waals surface area contributed by atoms with Gasteiger partial charge in [-0.3, -0.25) is 4.79 Å². The number of pyridine rings is 1. The fourth-order valence-corrected chi connectivity index (χ4v) is 1.85. The average Bonchev–Trinajstić information content (AvgIpc) is 2.43. The predicted octanol–water partition coefficient (Wildman–Crippen LogP) is 1.78. The molecule has 2 rings (SSSR count). The molecule has 0 spiro atoms. The normalized spacial score (nSPS) is 9.95. The number of aromatic amines is 1. The Morgan fingerprint density at radius 2 is 1.57 bits per heavy atom. The van der Waals surface area contributed by atoms with E-state index in [0.717, 1.165) is 0 Å². The van der Waals surface area contributed by atoms with Crippen LogP contribution in [0.5, 0.6) is 0 Å². The van der Waals surface area contributed by atoms with Crippen LogP contribution in [-0.4, -0.2) is 4.98 Å². The molecule has 21 heavy (non-hydrogen) atoms. The molecule has 0 fully saturated rings. The maximum atomic E-state index is 13.9. The molecule has 3 N–H and O–H groups in total. The molecule has 0 unspecified atom stereocenters. The molecule has 8 heteroatoms. The third-order valence-electron chi connectivity index (χ3n) is 2.76. The third kappa shape index (κ3) is 2.09. The zero-order valence-electron chi connectivity index (χ0n) is 10.2.